The fourth-order valence-corrected chi connectivity index (χ4v) is 8.21. The van der Waals surface area contributed by atoms with Crippen LogP contribution in [0.15, 0.2) is 158 Å². The Morgan fingerprint density at radius 2 is 0.980 bits per heavy atom. The lowest BCUT2D eigenvalue weighted by atomic mass is 9.89. The summed E-state index contributed by atoms with van der Waals surface area (Å²) in [6.45, 7) is 0. The minimum Gasteiger partial charge on any atom is -0.339 e. The van der Waals surface area contributed by atoms with Crippen LogP contribution in [0.4, 0.5) is 0 Å². The van der Waals surface area contributed by atoms with E-state index in [0.29, 0.717) is 0 Å². The molecule has 4 heterocycles. The van der Waals surface area contributed by atoms with Crippen LogP contribution in [0.2, 0.25) is 0 Å². The van der Waals surface area contributed by atoms with Gasteiger partial charge in [0.2, 0.25) is 5.79 Å². The highest BCUT2D eigenvalue weighted by molar-refractivity contribution is 5.93. The molecule has 0 aliphatic carbocycles. The van der Waals surface area contributed by atoms with Gasteiger partial charge in [-0.2, -0.15) is 0 Å². The Hall–Kier alpha value is -6.13. The maximum absolute atomic E-state index is 5.73. The van der Waals surface area contributed by atoms with Crippen LogP contribution in [-0.4, -0.2) is 9.55 Å². The number of nitrogens with zero attached hydrogens (tertiary/aromatic N) is 2. The second-order valence-electron chi connectivity index (χ2n) is 13.6. The molecule has 240 valence electrons. The molecule has 1 spiro atoms. The molecule has 0 amide bonds. The molecule has 0 saturated carbocycles. The molecule has 2 N–H and O–H groups in total. The van der Waals surface area contributed by atoms with Crippen molar-refractivity contribution in [1.82, 2.24) is 20.2 Å². The van der Waals surface area contributed by atoms with Gasteiger partial charge in [0.25, 0.3) is 0 Å². The Morgan fingerprint density at radius 3 is 1.58 bits per heavy atom. The SMILES string of the molecule is c1ccc(C2=C(c3ccccc3)NC3(N2)c2cc4ccc2CCc2ccc(cc2-c2nc(-c5ccccc5)c(-c5ccccc5)n23)CC4)cc1. The number of benzene rings is 6. The minimum absolute atomic E-state index is 0.913. The van der Waals surface area contributed by atoms with E-state index in [4.69, 9.17) is 4.98 Å². The molecule has 4 bridgehead atoms. The highest BCUT2D eigenvalue weighted by Gasteiger charge is 2.48. The predicted molar refractivity (Wildman–Crippen MR) is 203 cm³/mol. The third kappa shape index (κ3) is 4.56. The van der Waals surface area contributed by atoms with Crippen molar-refractivity contribution in [3.63, 3.8) is 0 Å². The van der Waals surface area contributed by atoms with Crippen molar-refractivity contribution >= 4 is 11.4 Å². The molecule has 3 aliphatic heterocycles. The third-order valence-corrected chi connectivity index (χ3v) is 10.6. The van der Waals surface area contributed by atoms with Gasteiger partial charge in [0.15, 0.2) is 0 Å². The van der Waals surface area contributed by atoms with E-state index < -0.39 is 5.79 Å². The van der Waals surface area contributed by atoms with Crippen LogP contribution in [0.25, 0.3) is 45.3 Å². The topological polar surface area (TPSA) is 41.9 Å². The van der Waals surface area contributed by atoms with Crippen molar-refractivity contribution in [3.8, 4) is 33.9 Å². The summed E-state index contributed by atoms with van der Waals surface area (Å²) in [7, 11) is 0. The Bertz CT molecular complexity index is 2360. The highest BCUT2D eigenvalue weighted by Crippen LogP contribution is 2.48. The maximum atomic E-state index is 5.73. The Labute approximate surface area is 292 Å². The van der Waals surface area contributed by atoms with Gasteiger partial charge in [0, 0.05) is 22.3 Å². The molecule has 0 saturated heterocycles. The van der Waals surface area contributed by atoms with Gasteiger partial charge in [-0.3, -0.25) is 4.57 Å². The van der Waals surface area contributed by atoms with Crippen LogP contribution >= 0.6 is 0 Å². The van der Waals surface area contributed by atoms with E-state index in [1.54, 1.807) is 0 Å². The number of nitrogens with one attached hydrogen (secondary N) is 2. The third-order valence-electron chi connectivity index (χ3n) is 10.6. The van der Waals surface area contributed by atoms with E-state index in [-0.39, 0.29) is 0 Å². The summed E-state index contributed by atoms with van der Waals surface area (Å²) in [6, 6.07) is 57.3. The van der Waals surface area contributed by atoms with Crippen molar-refractivity contribution in [2.45, 2.75) is 31.5 Å². The van der Waals surface area contributed by atoms with E-state index >= 15 is 0 Å². The van der Waals surface area contributed by atoms with Gasteiger partial charge in [-0.1, -0.05) is 146 Å². The smallest absolute Gasteiger partial charge is 0.221 e. The van der Waals surface area contributed by atoms with Crippen LogP contribution in [0.3, 0.4) is 0 Å². The molecular formula is C46H36N4. The number of rotatable bonds is 4. The zero-order valence-electron chi connectivity index (χ0n) is 27.7. The molecule has 10 rings (SSSR count). The van der Waals surface area contributed by atoms with Crippen molar-refractivity contribution in [1.29, 1.82) is 0 Å². The molecule has 0 radical (unpaired) electrons. The molecule has 4 nitrogen and oxygen atoms in total. The van der Waals surface area contributed by atoms with Crippen LogP contribution in [-0.2, 0) is 31.5 Å². The van der Waals surface area contributed by atoms with Crippen LogP contribution in [0, 0.1) is 0 Å². The molecule has 4 heteroatoms. The fraction of sp³-hybridized carbons (Fsp3) is 0.109. The largest absolute Gasteiger partial charge is 0.339 e. The second kappa shape index (κ2) is 11.5. The van der Waals surface area contributed by atoms with Crippen LogP contribution in [0.1, 0.15) is 38.9 Å². The first-order valence-electron chi connectivity index (χ1n) is 17.7. The van der Waals surface area contributed by atoms with E-state index in [9.17, 15) is 0 Å². The lowest BCUT2D eigenvalue weighted by Crippen LogP contribution is -2.54. The monoisotopic (exact) mass is 644 g/mol. The second-order valence-corrected chi connectivity index (χ2v) is 13.6. The number of imidazole rings is 1. The quantitative estimate of drug-likeness (QED) is 0.201. The Balaban J connectivity index is 1.38. The minimum atomic E-state index is -0.913. The van der Waals surface area contributed by atoms with E-state index in [1.807, 2.05) is 0 Å². The Kier molecular flexibility index (Phi) is 6.63. The first-order chi connectivity index (χ1) is 24.7. The van der Waals surface area contributed by atoms with Gasteiger partial charge in [0.05, 0.1) is 22.8 Å². The van der Waals surface area contributed by atoms with Gasteiger partial charge in [-0.05, 0) is 71.2 Å². The van der Waals surface area contributed by atoms with E-state index in [2.05, 4.69) is 173 Å². The number of aromatic nitrogens is 2. The summed E-state index contributed by atoms with van der Waals surface area (Å²) in [5.41, 5.74) is 16.4. The fourth-order valence-electron chi connectivity index (χ4n) is 8.21. The number of hydrogen-bond acceptors (Lipinski definition) is 3. The molecule has 50 heavy (non-hydrogen) atoms. The predicted octanol–water partition coefficient (Wildman–Crippen LogP) is 9.46. The Morgan fingerprint density at radius 1 is 0.480 bits per heavy atom. The van der Waals surface area contributed by atoms with Gasteiger partial charge >= 0.3 is 0 Å². The molecule has 6 aromatic carbocycles. The molecule has 1 aromatic heterocycles. The number of fused-ring (bicyclic) bond motifs is 2. The van der Waals surface area contributed by atoms with Crippen molar-refractivity contribution < 1.29 is 0 Å². The van der Waals surface area contributed by atoms with Crippen molar-refractivity contribution in [2.75, 3.05) is 0 Å². The number of hydrogen-bond donors (Lipinski definition) is 2. The van der Waals surface area contributed by atoms with Crippen LogP contribution < -0.4 is 10.6 Å². The van der Waals surface area contributed by atoms with E-state index in [0.717, 1.165) is 76.5 Å². The summed E-state index contributed by atoms with van der Waals surface area (Å²) >= 11 is 0. The first-order valence-corrected chi connectivity index (χ1v) is 17.7. The van der Waals surface area contributed by atoms with E-state index in [1.165, 1.54) is 33.4 Å². The summed E-state index contributed by atoms with van der Waals surface area (Å²) in [4.78, 5) is 5.73. The molecular weight excluding hydrogens is 609 g/mol. The van der Waals surface area contributed by atoms with Crippen molar-refractivity contribution in [2.24, 2.45) is 0 Å². The highest BCUT2D eigenvalue weighted by atomic mass is 15.4. The average molecular weight is 645 g/mol. The molecule has 0 fully saturated rings. The maximum Gasteiger partial charge on any atom is 0.221 e. The molecule has 7 aromatic rings. The zero-order valence-corrected chi connectivity index (χ0v) is 27.7. The summed E-state index contributed by atoms with van der Waals surface area (Å²) in [5.74, 6) is 0.0471. The van der Waals surface area contributed by atoms with Gasteiger partial charge in [-0.25, -0.2) is 4.98 Å². The van der Waals surface area contributed by atoms with Gasteiger partial charge < -0.3 is 10.6 Å². The summed E-state index contributed by atoms with van der Waals surface area (Å²) in [6.07, 6.45) is 3.79. The van der Waals surface area contributed by atoms with Crippen LogP contribution in [0.5, 0.6) is 0 Å². The molecule has 0 atom stereocenters. The lowest BCUT2D eigenvalue weighted by Gasteiger charge is -2.38. The molecule has 0 unspecified atom stereocenters. The summed E-state index contributed by atoms with van der Waals surface area (Å²) in [5, 5.41) is 8.49. The van der Waals surface area contributed by atoms with Crippen molar-refractivity contribution in [3.05, 3.63) is 197 Å². The average Bonchev–Trinajstić information content (AvgIpc) is 3.79. The molecule has 3 aliphatic rings. The lowest BCUT2D eigenvalue weighted by molar-refractivity contribution is 0.304. The standard InChI is InChI=1S/C46H36N4/c1-5-13-35(14-6-1)41-42(36-15-7-2-8-16-36)49-46(48-41)40-30-32-22-21-31-23-25-33(27-28-34(40)26-24-32)39(29-31)45-47-43(37-17-9-3-10-18-37)44(50(45)46)38-19-11-4-12-20-38/h1-20,23-26,29-30,48-49H,21-22,27-28H2. The number of aryl methyl sites for hydroxylation is 4. The summed E-state index contributed by atoms with van der Waals surface area (Å²) < 4.78 is 2.51. The van der Waals surface area contributed by atoms with Gasteiger partial charge in [-0.15, -0.1) is 0 Å². The zero-order chi connectivity index (χ0) is 33.1. The first kappa shape index (κ1) is 28.8. The van der Waals surface area contributed by atoms with Gasteiger partial charge in [0.1, 0.15) is 5.82 Å². The normalized spacial score (nSPS) is 15.3.